The maximum atomic E-state index is 9.14. The summed E-state index contributed by atoms with van der Waals surface area (Å²) in [4.78, 5) is 0. The van der Waals surface area contributed by atoms with Gasteiger partial charge in [-0.15, -0.1) is 0 Å². The van der Waals surface area contributed by atoms with Gasteiger partial charge in [-0.1, -0.05) is 65.5 Å². The molecule has 0 aromatic heterocycles. The molecule has 3 fully saturated rings. The highest BCUT2D eigenvalue weighted by Crippen LogP contribution is 2.67. The van der Waals surface area contributed by atoms with Crippen molar-refractivity contribution in [3.63, 3.8) is 0 Å². The molecule has 1 N–H and O–H groups in total. The number of allylic oxidation sites excluding steroid dienone is 1. The van der Waals surface area contributed by atoms with Gasteiger partial charge in [0.25, 0.3) is 0 Å². The van der Waals surface area contributed by atoms with Gasteiger partial charge >= 0.3 is 0 Å². The van der Waals surface area contributed by atoms with Gasteiger partial charge in [0.2, 0.25) is 0 Å². The quantitative estimate of drug-likeness (QED) is 0.406. The van der Waals surface area contributed by atoms with E-state index in [-0.39, 0.29) is 6.61 Å². The van der Waals surface area contributed by atoms with Crippen LogP contribution < -0.4 is 0 Å². The number of aliphatic hydroxyl groups excluding tert-OH is 1. The van der Waals surface area contributed by atoms with Crippen LogP contribution in [-0.4, -0.2) is 24.4 Å². The van der Waals surface area contributed by atoms with E-state index < -0.39 is 0 Å². The molecule has 0 heterocycles. The van der Waals surface area contributed by atoms with Gasteiger partial charge < -0.3 is 9.84 Å². The van der Waals surface area contributed by atoms with Crippen LogP contribution in [0.25, 0.3) is 0 Å². The highest BCUT2D eigenvalue weighted by atomic mass is 16.5. The third-order valence-corrected chi connectivity index (χ3v) is 10.7. The van der Waals surface area contributed by atoms with Crippen LogP contribution in [0.15, 0.2) is 11.6 Å². The van der Waals surface area contributed by atoms with Crippen LogP contribution >= 0.6 is 0 Å². The van der Waals surface area contributed by atoms with Gasteiger partial charge in [0.15, 0.2) is 0 Å². The Hall–Kier alpha value is -0.340. The summed E-state index contributed by atoms with van der Waals surface area (Å²) in [5.74, 6) is 5.44. The van der Waals surface area contributed by atoms with Crippen molar-refractivity contribution in [3.8, 4) is 0 Å². The zero-order valence-corrected chi connectivity index (χ0v) is 21.2. The van der Waals surface area contributed by atoms with Crippen LogP contribution in [0.3, 0.4) is 0 Å². The molecule has 0 aromatic rings. The lowest BCUT2D eigenvalue weighted by Crippen LogP contribution is -2.51. The van der Waals surface area contributed by atoms with E-state index in [2.05, 4.69) is 40.7 Å². The van der Waals surface area contributed by atoms with Crippen molar-refractivity contribution in [2.24, 2.45) is 46.3 Å². The maximum Gasteiger partial charge on any atom is 0.0701 e. The molecule has 4 aliphatic carbocycles. The summed E-state index contributed by atoms with van der Waals surface area (Å²) < 4.78 is 5.94. The van der Waals surface area contributed by atoms with E-state index in [1.807, 2.05) is 0 Å². The van der Waals surface area contributed by atoms with Gasteiger partial charge in [-0.05, 0) is 97.7 Å². The molecule has 2 heteroatoms. The van der Waals surface area contributed by atoms with E-state index in [0.717, 1.165) is 41.9 Å². The number of hydrogen-bond acceptors (Lipinski definition) is 2. The monoisotopic (exact) mass is 430 g/mol. The third kappa shape index (κ3) is 4.42. The number of hydrogen-bond donors (Lipinski definition) is 1. The Bertz CT molecular complexity index is 639. The summed E-state index contributed by atoms with van der Waals surface area (Å²) in [6, 6.07) is 0. The summed E-state index contributed by atoms with van der Waals surface area (Å²) in [5, 5.41) is 9.14. The minimum Gasteiger partial charge on any atom is -0.394 e. The van der Waals surface area contributed by atoms with E-state index in [4.69, 9.17) is 9.84 Å². The minimum absolute atomic E-state index is 0.148. The molecular weight excluding hydrogens is 380 g/mol. The van der Waals surface area contributed by atoms with Crippen LogP contribution in [0.2, 0.25) is 0 Å². The molecule has 178 valence electrons. The molecule has 3 saturated carbocycles. The molecule has 31 heavy (non-hydrogen) atoms. The molecule has 4 rings (SSSR count). The third-order valence-electron chi connectivity index (χ3n) is 10.7. The minimum atomic E-state index is 0.148. The van der Waals surface area contributed by atoms with Crippen LogP contribution in [0.1, 0.15) is 105 Å². The molecule has 0 unspecified atom stereocenters. The summed E-state index contributed by atoms with van der Waals surface area (Å²) in [5.41, 5.74) is 2.69. The van der Waals surface area contributed by atoms with Crippen molar-refractivity contribution in [1.82, 2.24) is 0 Å². The SMILES string of the molecule is CC(C)CCC[C@@H](C)[C@@H]1CC[C@@H]2[C@H]3CC=C4C[C@@H](OCCO)CC[C@]4(C)[C@@H]3CC[C@]21C. The fraction of sp³-hybridized carbons (Fsp3) is 0.931. The lowest BCUT2D eigenvalue weighted by atomic mass is 9.47. The summed E-state index contributed by atoms with van der Waals surface area (Å²) >= 11 is 0. The predicted octanol–water partition coefficient (Wildman–Crippen LogP) is 7.41. The molecule has 8 atom stereocenters. The fourth-order valence-corrected chi connectivity index (χ4v) is 9.01. The van der Waals surface area contributed by atoms with Crippen molar-refractivity contribution in [3.05, 3.63) is 11.6 Å². The molecule has 0 amide bonds. The fourth-order valence-electron chi connectivity index (χ4n) is 9.01. The largest absolute Gasteiger partial charge is 0.394 e. The first kappa shape index (κ1) is 23.8. The summed E-state index contributed by atoms with van der Waals surface area (Å²) in [7, 11) is 0. The molecule has 0 bridgehead atoms. The van der Waals surface area contributed by atoms with Crippen molar-refractivity contribution in [2.45, 2.75) is 111 Å². The predicted molar refractivity (Wildman–Crippen MR) is 130 cm³/mol. The van der Waals surface area contributed by atoms with E-state index in [1.165, 1.54) is 64.2 Å². The Morgan fingerprint density at radius 1 is 1.03 bits per heavy atom. The van der Waals surface area contributed by atoms with E-state index >= 15 is 0 Å². The second-order valence-corrected chi connectivity index (χ2v) is 12.7. The van der Waals surface area contributed by atoms with Crippen LogP contribution in [0.5, 0.6) is 0 Å². The Morgan fingerprint density at radius 2 is 1.84 bits per heavy atom. The van der Waals surface area contributed by atoms with Crippen molar-refractivity contribution in [2.75, 3.05) is 13.2 Å². The van der Waals surface area contributed by atoms with Gasteiger partial charge in [-0.2, -0.15) is 0 Å². The highest BCUT2D eigenvalue weighted by Gasteiger charge is 2.59. The molecule has 0 saturated heterocycles. The maximum absolute atomic E-state index is 9.14. The van der Waals surface area contributed by atoms with Gasteiger partial charge in [0.1, 0.15) is 0 Å². The Labute approximate surface area is 192 Å². The number of ether oxygens (including phenoxy) is 1. The highest BCUT2D eigenvalue weighted by molar-refractivity contribution is 5.25. The smallest absolute Gasteiger partial charge is 0.0701 e. The Kier molecular flexibility index (Phi) is 7.29. The second-order valence-electron chi connectivity index (χ2n) is 12.7. The number of fused-ring (bicyclic) bond motifs is 5. The molecule has 0 radical (unpaired) electrons. The van der Waals surface area contributed by atoms with Crippen molar-refractivity contribution >= 4 is 0 Å². The summed E-state index contributed by atoms with van der Waals surface area (Å²) in [6.07, 6.45) is 18.0. The van der Waals surface area contributed by atoms with Gasteiger partial charge in [-0.25, -0.2) is 0 Å². The van der Waals surface area contributed by atoms with Crippen LogP contribution in [0, 0.1) is 46.3 Å². The van der Waals surface area contributed by atoms with Gasteiger partial charge in [-0.3, -0.25) is 0 Å². The number of aliphatic hydroxyl groups is 1. The Balaban J connectivity index is 1.45. The van der Waals surface area contributed by atoms with Crippen LogP contribution in [-0.2, 0) is 4.74 Å². The van der Waals surface area contributed by atoms with Crippen molar-refractivity contribution in [1.29, 1.82) is 0 Å². The average molecular weight is 431 g/mol. The van der Waals surface area contributed by atoms with E-state index in [1.54, 1.807) is 5.57 Å². The van der Waals surface area contributed by atoms with E-state index in [9.17, 15) is 0 Å². The molecular formula is C29H50O2. The molecule has 0 aromatic carbocycles. The zero-order valence-electron chi connectivity index (χ0n) is 21.2. The molecule has 0 aliphatic heterocycles. The normalized spacial score (nSPS) is 43.2. The number of rotatable bonds is 8. The van der Waals surface area contributed by atoms with Gasteiger partial charge in [0.05, 0.1) is 19.3 Å². The molecule has 0 spiro atoms. The average Bonchev–Trinajstić information content (AvgIpc) is 3.09. The Morgan fingerprint density at radius 3 is 2.58 bits per heavy atom. The lowest BCUT2D eigenvalue weighted by molar-refractivity contribution is -0.0658. The second kappa shape index (κ2) is 9.49. The first-order chi connectivity index (χ1) is 14.8. The van der Waals surface area contributed by atoms with Crippen LogP contribution in [0.4, 0.5) is 0 Å². The molecule has 2 nitrogen and oxygen atoms in total. The first-order valence-electron chi connectivity index (χ1n) is 13.7. The standard InChI is InChI=1S/C29H50O2/c1-20(2)7-6-8-21(3)25-11-12-26-24-10-9-22-19-23(31-18-17-30)13-15-28(22,4)27(24)14-16-29(25,26)5/h9,20-21,23-27,30H,6-8,10-19H2,1-5H3/t21-,23+,24-,25+,26-,27-,28+,29+/m1/s1. The zero-order chi connectivity index (χ0) is 22.2. The first-order valence-corrected chi connectivity index (χ1v) is 13.7. The van der Waals surface area contributed by atoms with Gasteiger partial charge in [0, 0.05) is 0 Å². The lowest BCUT2D eigenvalue weighted by Gasteiger charge is -2.58. The summed E-state index contributed by atoms with van der Waals surface area (Å²) in [6.45, 7) is 13.3. The van der Waals surface area contributed by atoms with E-state index in [0.29, 0.717) is 23.5 Å². The topological polar surface area (TPSA) is 29.5 Å². The molecule has 4 aliphatic rings. The van der Waals surface area contributed by atoms with Crippen molar-refractivity contribution < 1.29 is 9.84 Å².